The molecular weight excluding hydrogens is 633 g/mol. The van der Waals surface area contributed by atoms with E-state index in [2.05, 4.69) is 120 Å². The van der Waals surface area contributed by atoms with Gasteiger partial charge in [0.15, 0.2) is 0 Å². The van der Waals surface area contributed by atoms with E-state index < -0.39 is 9.84 Å². The average molecular weight is 676 g/mol. The van der Waals surface area contributed by atoms with Crippen LogP contribution in [0.4, 0.5) is 5.69 Å². The smallest absolute Gasteiger partial charge is 0.214 e. The van der Waals surface area contributed by atoms with Gasteiger partial charge in [-0.25, -0.2) is 8.42 Å². The number of rotatable bonds is 11. The van der Waals surface area contributed by atoms with E-state index in [1.54, 1.807) is 12.1 Å². The Kier molecular flexibility index (Phi) is 8.62. The van der Waals surface area contributed by atoms with E-state index in [1.807, 2.05) is 18.2 Å². The van der Waals surface area contributed by atoms with Gasteiger partial charge in [-0.1, -0.05) is 112 Å². The summed E-state index contributed by atoms with van der Waals surface area (Å²) in [5.74, 6) is 0. The van der Waals surface area contributed by atoms with Crippen molar-refractivity contribution in [3.63, 3.8) is 0 Å². The number of allylic oxidation sites excluding steroid dienone is 5. The molecule has 0 N–H and O–H groups in total. The fourth-order valence-electron chi connectivity index (χ4n) is 7.99. The number of hydrogen-bond donors (Lipinski definition) is 0. The van der Waals surface area contributed by atoms with E-state index in [9.17, 15) is 8.42 Å². The Morgan fingerprint density at radius 1 is 0.720 bits per heavy atom. The van der Waals surface area contributed by atoms with Crippen molar-refractivity contribution in [3.05, 3.63) is 148 Å². The minimum atomic E-state index is -3.78. The Morgan fingerprint density at radius 2 is 1.44 bits per heavy atom. The lowest BCUT2D eigenvalue weighted by Gasteiger charge is -2.09. The minimum Gasteiger partial charge on any atom is -0.340 e. The lowest BCUT2D eigenvalue weighted by molar-refractivity contribution is -0.436. The summed E-state index contributed by atoms with van der Waals surface area (Å²) in [6, 6.07) is 35.0. The predicted molar refractivity (Wildman–Crippen MR) is 209 cm³/mol. The van der Waals surface area contributed by atoms with E-state index >= 15 is 0 Å². The molecule has 0 saturated heterocycles. The van der Waals surface area contributed by atoms with Gasteiger partial charge < -0.3 is 4.57 Å². The van der Waals surface area contributed by atoms with Crippen LogP contribution in [0.15, 0.2) is 142 Å². The summed E-state index contributed by atoms with van der Waals surface area (Å²) in [7, 11) is -3.78. The molecule has 6 aromatic rings. The summed E-state index contributed by atoms with van der Waals surface area (Å²) in [5, 5.41) is 7.35. The maximum Gasteiger partial charge on any atom is 0.214 e. The molecule has 2 aliphatic rings. The number of sulfone groups is 1. The molecule has 250 valence electrons. The van der Waals surface area contributed by atoms with E-state index in [1.165, 1.54) is 43.7 Å². The quantitative estimate of drug-likeness (QED) is 0.128. The zero-order valence-electron chi connectivity index (χ0n) is 28.9. The van der Waals surface area contributed by atoms with Crippen molar-refractivity contribution in [3.8, 4) is 0 Å². The van der Waals surface area contributed by atoms with Gasteiger partial charge in [-0.2, -0.15) is 4.58 Å². The maximum absolute atomic E-state index is 14.5. The van der Waals surface area contributed by atoms with Crippen LogP contribution in [0.1, 0.15) is 57.9 Å². The first-order valence-electron chi connectivity index (χ1n) is 18.1. The Labute approximate surface area is 295 Å². The Bertz CT molecular complexity index is 2560. The first-order valence-corrected chi connectivity index (χ1v) is 19.6. The van der Waals surface area contributed by atoms with Crippen LogP contribution < -0.4 is 5.35 Å². The van der Waals surface area contributed by atoms with Gasteiger partial charge >= 0.3 is 0 Å². The maximum atomic E-state index is 14.5. The zero-order chi connectivity index (χ0) is 34.2. The van der Waals surface area contributed by atoms with Gasteiger partial charge in [0.05, 0.1) is 20.8 Å². The van der Waals surface area contributed by atoms with Crippen molar-refractivity contribution in [1.29, 1.82) is 0 Å². The third-order valence-electron chi connectivity index (χ3n) is 10.4. The standard InChI is InChI=1S/C45H43N2O2S/c1-3-5-30-46-39(37-20-10-14-32-16-12-22-41(46)43(32)37)28-26-34-24-25-35(45(34)50(48,49)36-18-8-7-9-19-36)27-29-40-38-21-11-15-33-17-13-23-42(44(33)38)47(40)31-6-4-2/h7-23,26-29H,3-6,24-25,30-31H2,1-2H3/q+1. The van der Waals surface area contributed by atoms with Gasteiger partial charge in [0.2, 0.25) is 21.2 Å². The fraction of sp³-hybridized carbons (Fsp3) is 0.222. The van der Waals surface area contributed by atoms with Crippen molar-refractivity contribution in [2.45, 2.75) is 63.8 Å². The van der Waals surface area contributed by atoms with E-state index in [-0.39, 0.29) is 0 Å². The van der Waals surface area contributed by atoms with Crippen LogP contribution in [0.25, 0.3) is 38.5 Å². The molecule has 1 aromatic heterocycles. The highest BCUT2D eigenvalue weighted by Gasteiger charge is 2.33. The Morgan fingerprint density at radius 3 is 2.22 bits per heavy atom. The number of unbranched alkanes of at least 4 members (excludes halogenated alkanes) is 2. The molecule has 2 heterocycles. The third-order valence-corrected chi connectivity index (χ3v) is 12.4. The predicted octanol–water partition coefficient (Wildman–Crippen LogP) is 10.2. The van der Waals surface area contributed by atoms with Crippen molar-refractivity contribution in [1.82, 2.24) is 4.57 Å². The molecule has 0 radical (unpaired) electrons. The second-order valence-electron chi connectivity index (χ2n) is 13.5. The van der Waals surface area contributed by atoms with Crippen molar-refractivity contribution < 1.29 is 13.0 Å². The highest BCUT2D eigenvalue weighted by atomic mass is 32.2. The van der Waals surface area contributed by atoms with Crippen LogP contribution in [0.2, 0.25) is 0 Å². The molecule has 5 heteroatoms. The summed E-state index contributed by atoms with van der Waals surface area (Å²) in [6.45, 7) is 6.28. The molecule has 4 nitrogen and oxygen atoms in total. The lowest BCUT2D eigenvalue weighted by atomic mass is 10.0. The molecule has 8 rings (SSSR count). The van der Waals surface area contributed by atoms with Crippen LogP contribution in [-0.2, 0) is 16.4 Å². The zero-order valence-corrected chi connectivity index (χ0v) is 29.7. The van der Waals surface area contributed by atoms with Gasteiger partial charge in [0.25, 0.3) is 0 Å². The molecule has 0 unspecified atom stereocenters. The fourth-order valence-corrected chi connectivity index (χ4v) is 9.77. The molecule has 50 heavy (non-hydrogen) atoms. The van der Waals surface area contributed by atoms with Crippen molar-refractivity contribution in [2.75, 3.05) is 6.54 Å². The number of aromatic nitrogens is 1. The number of aryl methyl sites for hydroxylation is 1. The molecule has 0 bridgehead atoms. The molecule has 0 fully saturated rings. The molecule has 0 amide bonds. The third kappa shape index (κ3) is 5.45. The number of hydrogen-bond acceptors (Lipinski definition) is 2. The van der Waals surface area contributed by atoms with E-state index in [4.69, 9.17) is 0 Å². The second kappa shape index (κ2) is 13.4. The average Bonchev–Trinajstić information content (AvgIpc) is 3.80. The summed E-state index contributed by atoms with van der Waals surface area (Å²) >= 11 is 0. The molecule has 0 spiro atoms. The van der Waals surface area contributed by atoms with Crippen LogP contribution in [0.3, 0.4) is 0 Å². The van der Waals surface area contributed by atoms with Crippen LogP contribution in [-0.4, -0.2) is 29.8 Å². The van der Waals surface area contributed by atoms with Crippen molar-refractivity contribution >= 4 is 59.8 Å². The molecular formula is C45H43N2O2S+. The van der Waals surface area contributed by atoms with E-state index in [0.717, 1.165) is 61.0 Å². The molecule has 1 aliphatic heterocycles. The first-order chi connectivity index (χ1) is 24.5. The van der Waals surface area contributed by atoms with Crippen LogP contribution in [0, 0.1) is 0 Å². The topological polar surface area (TPSA) is 42.1 Å². The highest BCUT2D eigenvalue weighted by molar-refractivity contribution is 7.95. The van der Waals surface area contributed by atoms with Gasteiger partial charge in [0.1, 0.15) is 6.54 Å². The van der Waals surface area contributed by atoms with E-state index in [0.29, 0.717) is 22.6 Å². The van der Waals surface area contributed by atoms with Gasteiger partial charge in [-0.3, -0.25) is 0 Å². The normalized spacial score (nSPS) is 16.2. The Balaban J connectivity index is 1.30. The molecule has 0 saturated carbocycles. The molecule has 0 atom stereocenters. The summed E-state index contributed by atoms with van der Waals surface area (Å²) < 4.78 is 33.9. The highest BCUT2D eigenvalue weighted by Crippen LogP contribution is 2.40. The van der Waals surface area contributed by atoms with Gasteiger partial charge in [0, 0.05) is 46.7 Å². The van der Waals surface area contributed by atoms with Gasteiger partial charge in [-0.05, 0) is 71.5 Å². The lowest BCUT2D eigenvalue weighted by Crippen LogP contribution is -2.16. The minimum absolute atomic E-state index is 0.333. The molecule has 5 aromatic carbocycles. The van der Waals surface area contributed by atoms with Crippen LogP contribution >= 0.6 is 0 Å². The van der Waals surface area contributed by atoms with Gasteiger partial charge in [-0.15, -0.1) is 0 Å². The number of nitrogens with zero attached hydrogens (tertiary/aromatic N) is 2. The SMILES string of the molecule is CCCCn1/c(=C/C=C2\CCC(/C=C/C3=[N+](CCCC)c4cccc5cccc3c45)=C2S(=O)(=O)c2ccccc2)c2cccc3cccc1c32. The van der Waals surface area contributed by atoms with Crippen molar-refractivity contribution in [2.24, 2.45) is 0 Å². The number of benzene rings is 5. The summed E-state index contributed by atoms with van der Waals surface area (Å²) in [4.78, 5) is 0.777. The monoisotopic (exact) mass is 675 g/mol. The second-order valence-corrected chi connectivity index (χ2v) is 15.4. The van der Waals surface area contributed by atoms with Crippen LogP contribution in [0.5, 0.6) is 0 Å². The first kappa shape index (κ1) is 32.2. The Hall–Kier alpha value is -5.00. The largest absolute Gasteiger partial charge is 0.340 e. The summed E-state index contributed by atoms with van der Waals surface area (Å²) in [5.41, 5.74) is 6.54. The molecule has 1 aliphatic carbocycles. The summed E-state index contributed by atoms with van der Waals surface area (Å²) in [6.07, 6.45) is 14.2.